The van der Waals surface area contributed by atoms with Crippen LogP contribution in [0.15, 0.2) is 54.7 Å². The van der Waals surface area contributed by atoms with Crippen LogP contribution in [0, 0.1) is 0 Å². The number of hydrogen-bond donors (Lipinski definition) is 7. The Balaban J connectivity index is 1.52. The van der Waals surface area contributed by atoms with E-state index < -0.39 is 47.9 Å². The number of likely N-dealkylation sites (tertiary alicyclic amines) is 1. The van der Waals surface area contributed by atoms with E-state index >= 15 is 0 Å². The highest BCUT2D eigenvalue weighted by Crippen LogP contribution is 2.21. The van der Waals surface area contributed by atoms with Crippen molar-refractivity contribution < 1.29 is 29.4 Å². The van der Waals surface area contributed by atoms with Gasteiger partial charge in [0.15, 0.2) is 0 Å². The fraction of sp³-hybridized carbons (Fsp3) is 0.357. The van der Waals surface area contributed by atoms with Crippen LogP contribution >= 0.6 is 12.6 Å². The number of fused-ring (bicyclic) bond motifs is 1. The molecular formula is C28H33N5O6S. The fourth-order valence-electron chi connectivity index (χ4n) is 4.93. The van der Waals surface area contributed by atoms with Crippen LogP contribution in [0.4, 0.5) is 0 Å². The highest BCUT2D eigenvalue weighted by atomic mass is 32.1. The van der Waals surface area contributed by atoms with Gasteiger partial charge < -0.3 is 36.5 Å². The van der Waals surface area contributed by atoms with Crippen molar-refractivity contribution in [2.24, 2.45) is 5.73 Å². The van der Waals surface area contributed by atoms with E-state index in [2.05, 4.69) is 28.2 Å². The molecule has 0 radical (unpaired) electrons. The summed E-state index contributed by atoms with van der Waals surface area (Å²) in [5, 5.41) is 25.3. The van der Waals surface area contributed by atoms with Crippen LogP contribution in [0.3, 0.4) is 0 Å². The lowest BCUT2D eigenvalue weighted by Crippen LogP contribution is -2.58. The molecule has 212 valence electrons. The Morgan fingerprint density at radius 3 is 2.42 bits per heavy atom. The van der Waals surface area contributed by atoms with Gasteiger partial charge in [0.25, 0.3) is 0 Å². The minimum absolute atomic E-state index is 0.0540. The number of nitrogens with zero attached hydrogens (tertiary/aromatic N) is 1. The van der Waals surface area contributed by atoms with E-state index in [1.54, 1.807) is 18.3 Å². The summed E-state index contributed by atoms with van der Waals surface area (Å²) in [6, 6.07) is 9.75. The SMILES string of the molecule is NC(Cc1ccc(O)cc1)C(=O)NC(Cc1c[nH]c2ccccc12)C(=O)NC(CS)C(=O)N1CCCC1C(=O)O. The molecule has 4 atom stereocenters. The van der Waals surface area contributed by atoms with Gasteiger partial charge in [0, 0.05) is 35.8 Å². The third kappa shape index (κ3) is 6.75. The highest BCUT2D eigenvalue weighted by Gasteiger charge is 2.38. The van der Waals surface area contributed by atoms with E-state index in [1.807, 2.05) is 24.3 Å². The normalized spacial score (nSPS) is 17.2. The largest absolute Gasteiger partial charge is 0.508 e. The smallest absolute Gasteiger partial charge is 0.326 e. The summed E-state index contributed by atoms with van der Waals surface area (Å²) in [4.78, 5) is 55.8. The van der Waals surface area contributed by atoms with Crippen molar-refractivity contribution in [2.45, 2.75) is 49.9 Å². The Morgan fingerprint density at radius 1 is 1.02 bits per heavy atom. The molecule has 0 spiro atoms. The summed E-state index contributed by atoms with van der Waals surface area (Å²) in [7, 11) is 0. The minimum Gasteiger partial charge on any atom is -0.508 e. The number of nitrogens with two attached hydrogens (primary N) is 1. The van der Waals surface area contributed by atoms with Crippen LogP contribution in [0.1, 0.15) is 24.0 Å². The molecule has 2 aromatic carbocycles. The molecule has 3 amide bonds. The maximum absolute atomic E-state index is 13.5. The molecule has 1 aliphatic heterocycles. The molecule has 1 aliphatic rings. The van der Waals surface area contributed by atoms with E-state index in [-0.39, 0.29) is 30.9 Å². The number of hydrogen-bond acceptors (Lipinski definition) is 7. The monoisotopic (exact) mass is 567 g/mol. The van der Waals surface area contributed by atoms with Gasteiger partial charge in [0.05, 0.1) is 6.04 Å². The summed E-state index contributed by atoms with van der Waals surface area (Å²) in [6.45, 7) is 0.275. The number of carboxylic acids is 1. The molecule has 4 unspecified atom stereocenters. The number of carboxylic acid groups (broad SMARTS) is 1. The summed E-state index contributed by atoms with van der Waals surface area (Å²) in [6.07, 6.45) is 2.94. The van der Waals surface area contributed by atoms with E-state index in [0.717, 1.165) is 22.0 Å². The summed E-state index contributed by atoms with van der Waals surface area (Å²) in [5.74, 6) is -2.77. The van der Waals surface area contributed by atoms with Crippen LogP contribution in [0.5, 0.6) is 5.75 Å². The first-order valence-electron chi connectivity index (χ1n) is 13.0. The second-order valence-electron chi connectivity index (χ2n) is 9.87. The van der Waals surface area contributed by atoms with Crippen molar-refractivity contribution in [3.63, 3.8) is 0 Å². The Morgan fingerprint density at radius 2 is 1.73 bits per heavy atom. The van der Waals surface area contributed by atoms with E-state index in [1.165, 1.54) is 17.0 Å². The van der Waals surface area contributed by atoms with Gasteiger partial charge in [-0.25, -0.2) is 4.79 Å². The van der Waals surface area contributed by atoms with Crippen LogP contribution in [0.2, 0.25) is 0 Å². The first-order valence-corrected chi connectivity index (χ1v) is 13.6. The van der Waals surface area contributed by atoms with Crippen LogP contribution in [-0.4, -0.2) is 80.3 Å². The number of carbonyl (C=O) groups is 4. The van der Waals surface area contributed by atoms with Gasteiger partial charge in [-0.1, -0.05) is 30.3 Å². The van der Waals surface area contributed by atoms with Crippen molar-refractivity contribution in [3.05, 3.63) is 65.9 Å². The van der Waals surface area contributed by atoms with Gasteiger partial charge in [-0.05, 0) is 48.6 Å². The number of aromatic nitrogens is 1. The number of phenolic OH excluding ortho intramolecular Hbond substituents is 1. The Hall–Kier alpha value is -4.03. The quantitative estimate of drug-likeness (QED) is 0.169. The molecule has 4 rings (SSSR count). The first kappa shape index (κ1) is 29.0. The molecular weight excluding hydrogens is 534 g/mol. The molecule has 12 heteroatoms. The van der Waals surface area contributed by atoms with Crippen molar-refractivity contribution in [1.82, 2.24) is 20.5 Å². The van der Waals surface area contributed by atoms with Gasteiger partial charge in [-0.3, -0.25) is 14.4 Å². The first-order chi connectivity index (χ1) is 19.2. The number of para-hydroxylation sites is 1. The Bertz CT molecular complexity index is 1380. The number of carbonyl (C=O) groups excluding carboxylic acids is 3. The van der Waals surface area contributed by atoms with Gasteiger partial charge in [0.2, 0.25) is 17.7 Å². The summed E-state index contributed by atoms with van der Waals surface area (Å²) < 4.78 is 0. The predicted molar refractivity (Wildman–Crippen MR) is 152 cm³/mol. The zero-order chi connectivity index (χ0) is 28.8. The Kier molecular flexibility index (Phi) is 9.33. The average molecular weight is 568 g/mol. The molecule has 40 heavy (non-hydrogen) atoms. The second kappa shape index (κ2) is 12.9. The molecule has 11 nitrogen and oxygen atoms in total. The lowest BCUT2D eigenvalue weighted by Gasteiger charge is -2.28. The van der Waals surface area contributed by atoms with Gasteiger partial charge in [-0.2, -0.15) is 12.6 Å². The van der Waals surface area contributed by atoms with Gasteiger partial charge in [-0.15, -0.1) is 0 Å². The molecule has 0 saturated carbocycles. The maximum Gasteiger partial charge on any atom is 0.326 e. The number of phenols is 1. The number of aromatic amines is 1. The van der Waals surface area contributed by atoms with Crippen LogP contribution < -0.4 is 16.4 Å². The zero-order valence-electron chi connectivity index (χ0n) is 21.7. The number of benzene rings is 2. The number of nitrogens with one attached hydrogen (secondary N) is 3. The van der Waals surface area contributed by atoms with Crippen molar-refractivity contribution >= 4 is 47.2 Å². The summed E-state index contributed by atoms with van der Waals surface area (Å²) in [5.41, 5.74) is 8.54. The number of rotatable bonds is 11. The molecule has 1 fully saturated rings. The molecule has 3 aromatic rings. The molecule has 1 aromatic heterocycles. The van der Waals surface area contributed by atoms with Crippen molar-refractivity contribution in [1.29, 1.82) is 0 Å². The number of aromatic hydroxyl groups is 1. The van der Waals surface area contributed by atoms with Gasteiger partial charge in [0.1, 0.15) is 23.9 Å². The van der Waals surface area contributed by atoms with Crippen LogP contribution in [0.25, 0.3) is 10.9 Å². The lowest BCUT2D eigenvalue weighted by atomic mass is 10.0. The van der Waals surface area contributed by atoms with Crippen molar-refractivity contribution in [3.8, 4) is 5.75 Å². The standard InChI is InChI=1S/C28H33N5O6S/c29-20(12-16-7-9-18(34)10-8-16)25(35)31-22(13-17-14-30-21-5-2-1-4-19(17)21)26(36)32-23(15-40)27(37)33-11-3-6-24(33)28(38)39/h1-2,4-5,7-10,14,20,22-24,30,34,40H,3,6,11-13,15,29H2,(H,31,35)(H,32,36)(H,38,39). The number of thiol groups is 1. The van der Waals surface area contributed by atoms with Crippen LogP contribution in [-0.2, 0) is 32.0 Å². The molecule has 0 aliphatic carbocycles. The second-order valence-corrected chi connectivity index (χ2v) is 10.2. The number of amides is 3. The number of aliphatic carboxylic acids is 1. The van der Waals surface area contributed by atoms with E-state index in [0.29, 0.717) is 12.8 Å². The maximum atomic E-state index is 13.5. The molecule has 1 saturated heterocycles. The predicted octanol–water partition coefficient (Wildman–Crippen LogP) is 0.961. The molecule has 0 bridgehead atoms. The number of H-pyrrole nitrogens is 1. The van der Waals surface area contributed by atoms with E-state index in [9.17, 15) is 29.4 Å². The topological polar surface area (TPSA) is 178 Å². The Labute approximate surface area is 236 Å². The highest BCUT2D eigenvalue weighted by molar-refractivity contribution is 7.80. The van der Waals surface area contributed by atoms with Gasteiger partial charge >= 0.3 is 5.97 Å². The molecule has 2 heterocycles. The van der Waals surface area contributed by atoms with Crippen molar-refractivity contribution in [2.75, 3.05) is 12.3 Å². The lowest BCUT2D eigenvalue weighted by molar-refractivity contribution is -0.149. The zero-order valence-corrected chi connectivity index (χ0v) is 22.6. The molecule has 7 N–H and O–H groups in total. The van der Waals surface area contributed by atoms with E-state index in [4.69, 9.17) is 5.73 Å². The average Bonchev–Trinajstić information content (AvgIpc) is 3.60. The third-order valence-electron chi connectivity index (χ3n) is 7.08. The third-order valence-corrected chi connectivity index (χ3v) is 7.44. The summed E-state index contributed by atoms with van der Waals surface area (Å²) >= 11 is 4.23. The fourth-order valence-corrected chi connectivity index (χ4v) is 5.18. The minimum atomic E-state index is -1.10.